The number of nitrogens with one attached hydrogen (secondary N) is 4. The standard InChI is InChI=1S/C28H32N4O5/c1-35-22-11-7-10-21(14-22)18-30-27(34)23(15-19-8-5-4-6-9-19)31-28(29)32-26(33)17-20-12-13-24(36-2)25(16-20)37-3/h4-14,16,23H,15,17-18H2,1-3H3,(H,30,34)(H3,29,31,32,33)/t23-/m1/s1. The lowest BCUT2D eigenvalue weighted by Gasteiger charge is -2.20. The Morgan fingerprint density at radius 2 is 1.54 bits per heavy atom. The number of hydrogen-bond donors (Lipinski definition) is 4. The molecule has 9 nitrogen and oxygen atoms in total. The molecule has 3 aromatic carbocycles. The zero-order chi connectivity index (χ0) is 26.6. The third-order valence-corrected chi connectivity index (χ3v) is 5.60. The Balaban J connectivity index is 1.63. The minimum Gasteiger partial charge on any atom is -0.497 e. The minimum absolute atomic E-state index is 0.0236. The first kappa shape index (κ1) is 27.1. The van der Waals surface area contributed by atoms with E-state index in [1.807, 2.05) is 54.6 Å². The van der Waals surface area contributed by atoms with Gasteiger partial charge in [-0.25, -0.2) is 0 Å². The second-order valence-electron chi connectivity index (χ2n) is 8.25. The van der Waals surface area contributed by atoms with E-state index < -0.39 is 11.9 Å². The molecule has 0 aliphatic heterocycles. The molecule has 0 aliphatic carbocycles. The van der Waals surface area contributed by atoms with Crippen molar-refractivity contribution in [3.63, 3.8) is 0 Å². The number of guanidine groups is 1. The lowest BCUT2D eigenvalue weighted by atomic mass is 10.1. The Labute approximate surface area is 216 Å². The molecule has 0 heterocycles. The van der Waals surface area contributed by atoms with Gasteiger partial charge < -0.3 is 24.8 Å². The van der Waals surface area contributed by atoms with Crippen molar-refractivity contribution in [2.24, 2.45) is 0 Å². The van der Waals surface area contributed by atoms with Crippen molar-refractivity contribution in [3.8, 4) is 17.2 Å². The highest BCUT2D eigenvalue weighted by Gasteiger charge is 2.21. The Hall–Kier alpha value is -4.53. The van der Waals surface area contributed by atoms with E-state index in [9.17, 15) is 9.59 Å². The molecule has 4 N–H and O–H groups in total. The Morgan fingerprint density at radius 3 is 2.24 bits per heavy atom. The highest BCUT2D eigenvalue weighted by Crippen LogP contribution is 2.27. The predicted octanol–water partition coefficient (Wildman–Crippen LogP) is 2.82. The first-order chi connectivity index (χ1) is 17.9. The van der Waals surface area contributed by atoms with Crippen molar-refractivity contribution in [2.45, 2.75) is 25.4 Å². The number of rotatable bonds is 11. The molecule has 0 saturated heterocycles. The van der Waals surface area contributed by atoms with Crippen molar-refractivity contribution in [1.82, 2.24) is 16.0 Å². The molecule has 0 fully saturated rings. The number of ether oxygens (including phenoxy) is 3. The van der Waals surface area contributed by atoms with Crippen LogP contribution in [0.4, 0.5) is 0 Å². The van der Waals surface area contributed by atoms with Crippen LogP contribution in [0.25, 0.3) is 0 Å². The molecule has 2 amide bonds. The second kappa shape index (κ2) is 13.5. The highest BCUT2D eigenvalue weighted by molar-refractivity contribution is 5.98. The highest BCUT2D eigenvalue weighted by atomic mass is 16.5. The predicted molar refractivity (Wildman–Crippen MR) is 141 cm³/mol. The van der Waals surface area contributed by atoms with Gasteiger partial charge in [0.1, 0.15) is 11.8 Å². The van der Waals surface area contributed by atoms with Crippen LogP contribution in [0.5, 0.6) is 17.2 Å². The van der Waals surface area contributed by atoms with Crippen molar-refractivity contribution in [3.05, 3.63) is 89.5 Å². The fourth-order valence-corrected chi connectivity index (χ4v) is 3.72. The Bertz CT molecular complexity index is 1220. The van der Waals surface area contributed by atoms with Crippen molar-refractivity contribution in [1.29, 1.82) is 5.41 Å². The van der Waals surface area contributed by atoms with E-state index in [2.05, 4.69) is 16.0 Å². The summed E-state index contributed by atoms with van der Waals surface area (Å²) in [5.74, 6) is 0.805. The van der Waals surface area contributed by atoms with E-state index in [1.165, 1.54) is 14.2 Å². The number of amides is 2. The summed E-state index contributed by atoms with van der Waals surface area (Å²) < 4.78 is 15.7. The zero-order valence-corrected chi connectivity index (χ0v) is 21.2. The summed E-state index contributed by atoms with van der Waals surface area (Å²) in [5.41, 5.74) is 2.49. The van der Waals surface area contributed by atoms with Crippen LogP contribution in [0, 0.1) is 5.41 Å². The SMILES string of the molecule is COc1cccc(CNC(=O)[C@@H](Cc2ccccc2)NC(=N)NC(=O)Cc2ccc(OC)c(OC)c2)c1. The van der Waals surface area contributed by atoms with E-state index in [1.54, 1.807) is 25.3 Å². The Morgan fingerprint density at radius 1 is 0.811 bits per heavy atom. The van der Waals surface area contributed by atoms with Crippen LogP contribution in [-0.2, 0) is 29.0 Å². The first-order valence-electron chi connectivity index (χ1n) is 11.7. The fourth-order valence-electron chi connectivity index (χ4n) is 3.72. The summed E-state index contributed by atoms with van der Waals surface area (Å²) in [6, 6.07) is 21.3. The van der Waals surface area contributed by atoms with Gasteiger partial charge in [-0.15, -0.1) is 0 Å². The molecule has 3 aromatic rings. The molecule has 0 saturated carbocycles. The molecule has 0 aromatic heterocycles. The quantitative estimate of drug-likeness (QED) is 0.235. The molecule has 9 heteroatoms. The third-order valence-electron chi connectivity index (χ3n) is 5.60. The molecule has 0 spiro atoms. The first-order valence-corrected chi connectivity index (χ1v) is 11.7. The van der Waals surface area contributed by atoms with Crippen molar-refractivity contribution in [2.75, 3.05) is 21.3 Å². The van der Waals surface area contributed by atoms with Gasteiger partial charge in [0.25, 0.3) is 0 Å². The van der Waals surface area contributed by atoms with Crippen LogP contribution in [-0.4, -0.2) is 45.1 Å². The summed E-state index contributed by atoms with van der Waals surface area (Å²) in [5, 5.41) is 16.6. The van der Waals surface area contributed by atoms with Gasteiger partial charge in [0.15, 0.2) is 17.5 Å². The third kappa shape index (κ3) is 8.28. The van der Waals surface area contributed by atoms with Crippen LogP contribution < -0.4 is 30.2 Å². The van der Waals surface area contributed by atoms with Crippen LogP contribution in [0.3, 0.4) is 0 Å². The van der Waals surface area contributed by atoms with Gasteiger partial charge in [0.2, 0.25) is 11.8 Å². The molecular formula is C28H32N4O5. The lowest BCUT2D eigenvalue weighted by molar-refractivity contribution is -0.123. The second-order valence-corrected chi connectivity index (χ2v) is 8.25. The molecule has 0 bridgehead atoms. The monoisotopic (exact) mass is 504 g/mol. The van der Waals surface area contributed by atoms with E-state index in [0.717, 1.165) is 11.1 Å². The van der Waals surface area contributed by atoms with Gasteiger partial charge in [-0.05, 0) is 41.0 Å². The molecule has 194 valence electrons. The zero-order valence-electron chi connectivity index (χ0n) is 21.2. The maximum absolute atomic E-state index is 13.1. The maximum Gasteiger partial charge on any atom is 0.243 e. The topological polar surface area (TPSA) is 122 Å². The van der Waals surface area contributed by atoms with Crippen molar-refractivity contribution >= 4 is 17.8 Å². The summed E-state index contributed by atoms with van der Waals surface area (Å²) in [7, 11) is 4.64. The number of methoxy groups -OCH3 is 3. The minimum atomic E-state index is -0.776. The van der Waals surface area contributed by atoms with Crippen molar-refractivity contribution < 1.29 is 23.8 Å². The van der Waals surface area contributed by atoms with E-state index in [-0.39, 0.29) is 18.3 Å². The number of carbonyl (C=O) groups excluding carboxylic acids is 2. The van der Waals surface area contributed by atoms with Gasteiger partial charge in [-0.3, -0.25) is 20.3 Å². The van der Waals surface area contributed by atoms with E-state index >= 15 is 0 Å². The normalized spacial score (nSPS) is 11.1. The van der Waals surface area contributed by atoms with Crippen LogP contribution in [0.15, 0.2) is 72.8 Å². The molecular weight excluding hydrogens is 472 g/mol. The molecule has 0 aliphatic rings. The summed E-state index contributed by atoms with van der Waals surface area (Å²) in [6.45, 7) is 0.294. The largest absolute Gasteiger partial charge is 0.497 e. The fraction of sp³-hybridized carbons (Fsp3) is 0.250. The van der Waals surface area contributed by atoms with Gasteiger partial charge >= 0.3 is 0 Å². The van der Waals surface area contributed by atoms with E-state index in [0.29, 0.717) is 35.8 Å². The van der Waals surface area contributed by atoms with E-state index in [4.69, 9.17) is 19.6 Å². The molecule has 1 atom stereocenters. The molecule has 37 heavy (non-hydrogen) atoms. The Kier molecular flexibility index (Phi) is 9.90. The number of benzene rings is 3. The summed E-state index contributed by atoms with van der Waals surface area (Å²) in [4.78, 5) is 25.7. The lowest BCUT2D eigenvalue weighted by Crippen LogP contribution is -2.52. The number of hydrogen-bond acceptors (Lipinski definition) is 6. The average Bonchev–Trinajstić information content (AvgIpc) is 2.91. The summed E-state index contributed by atoms with van der Waals surface area (Å²) in [6.07, 6.45) is 0.356. The van der Waals surface area contributed by atoms with Gasteiger partial charge in [0.05, 0.1) is 27.8 Å². The molecule has 0 unspecified atom stereocenters. The number of carbonyl (C=O) groups is 2. The van der Waals surface area contributed by atoms with Crippen LogP contribution in [0.2, 0.25) is 0 Å². The summed E-state index contributed by atoms with van der Waals surface area (Å²) >= 11 is 0. The molecule has 3 rings (SSSR count). The smallest absolute Gasteiger partial charge is 0.243 e. The van der Waals surface area contributed by atoms with Gasteiger partial charge in [-0.2, -0.15) is 0 Å². The maximum atomic E-state index is 13.1. The molecule has 0 radical (unpaired) electrons. The van der Waals surface area contributed by atoms with Crippen LogP contribution >= 0.6 is 0 Å². The van der Waals surface area contributed by atoms with Gasteiger partial charge in [0, 0.05) is 13.0 Å². The van der Waals surface area contributed by atoms with Gasteiger partial charge in [-0.1, -0.05) is 48.5 Å². The average molecular weight is 505 g/mol. The van der Waals surface area contributed by atoms with Crippen LogP contribution in [0.1, 0.15) is 16.7 Å².